The molecular weight excluding hydrogens is 388 g/mol. The number of aryl methyl sites for hydroxylation is 3. The second-order valence-electron chi connectivity index (χ2n) is 5.60. The maximum Gasteiger partial charge on any atom is 0.264 e. The lowest BCUT2D eigenvalue weighted by Gasteiger charge is -2.12. The Balaban J connectivity index is 1.86. The minimum Gasteiger partial charge on any atom is -0.484 e. The molecule has 1 amide bonds. The molecule has 0 aliphatic rings. The highest BCUT2D eigenvalue weighted by molar-refractivity contribution is 9.10. The molecule has 0 aromatic heterocycles. The van der Waals surface area contributed by atoms with Gasteiger partial charge in [-0.2, -0.15) is 0 Å². The van der Waals surface area contributed by atoms with Crippen molar-refractivity contribution in [3.8, 4) is 5.75 Å². The van der Waals surface area contributed by atoms with Gasteiger partial charge in [0.05, 0.1) is 5.69 Å². The van der Waals surface area contributed by atoms with Crippen LogP contribution in [0.25, 0.3) is 0 Å². The van der Waals surface area contributed by atoms with Gasteiger partial charge in [-0.1, -0.05) is 12.1 Å². The van der Waals surface area contributed by atoms with E-state index in [0.717, 1.165) is 26.9 Å². The highest BCUT2D eigenvalue weighted by Gasteiger charge is 2.08. The van der Waals surface area contributed by atoms with E-state index in [4.69, 9.17) is 17.0 Å². The molecule has 4 nitrogen and oxygen atoms in total. The van der Waals surface area contributed by atoms with Crippen LogP contribution in [0.5, 0.6) is 5.75 Å². The van der Waals surface area contributed by atoms with E-state index in [0.29, 0.717) is 5.75 Å². The summed E-state index contributed by atoms with van der Waals surface area (Å²) in [5, 5.41) is 5.82. The molecule has 2 rings (SSSR count). The molecule has 2 N–H and O–H groups in total. The molecule has 0 unspecified atom stereocenters. The van der Waals surface area contributed by atoms with Crippen molar-refractivity contribution in [2.75, 3.05) is 11.9 Å². The number of anilines is 1. The molecular formula is C18H19BrN2O2S. The van der Waals surface area contributed by atoms with E-state index in [1.807, 2.05) is 57.2 Å². The predicted octanol–water partition coefficient (Wildman–Crippen LogP) is 4.27. The fraction of sp³-hybridized carbons (Fsp3) is 0.222. The van der Waals surface area contributed by atoms with Gasteiger partial charge in [0.15, 0.2) is 11.7 Å². The number of hydrogen-bond donors (Lipinski definition) is 2. The molecule has 0 fully saturated rings. The SMILES string of the molecule is Cc1cc(C)cc(OCC(=O)NC(=S)Nc2ccc(C)cc2Br)c1. The monoisotopic (exact) mass is 406 g/mol. The van der Waals surface area contributed by atoms with E-state index in [2.05, 4.69) is 26.6 Å². The Labute approximate surface area is 155 Å². The van der Waals surface area contributed by atoms with Crippen LogP contribution in [0.2, 0.25) is 0 Å². The van der Waals surface area contributed by atoms with Crippen LogP contribution in [0.4, 0.5) is 5.69 Å². The molecule has 24 heavy (non-hydrogen) atoms. The Kier molecular flexibility index (Phi) is 6.34. The number of amides is 1. The van der Waals surface area contributed by atoms with Gasteiger partial charge in [-0.3, -0.25) is 10.1 Å². The summed E-state index contributed by atoms with van der Waals surface area (Å²) in [5.41, 5.74) is 4.10. The van der Waals surface area contributed by atoms with Crippen molar-refractivity contribution in [1.82, 2.24) is 5.32 Å². The smallest absolute Gasteiger partial charge is 0.264 e. The van der Waals surface area contributed by atoms with Crippen molar-refractivity contribution in [1.29, 1.82) is 0 Å². The largest absolute Gasteiger partial charge is 0.484 e. The van der Waals surface area contributed by atoms with Gasteiger partial charge in [-0.25, -0.2) is 0 Å². The Morgan fingerprint density at radius 1 is 1.08 bits per heavy atom. The van der Waals surface area contributed by atoms with Crippen LogP contribution in [0.3, 0.4) is 0 Å². The van der Waals surface area contributed by atoms with Crippen LogP contribution in [0, 0.1) is 20.8 Å². The van der Waals surface area contributed by atoms with Crippen molar-refractivity contribution < 1.29 is 9.53 Å². The minimum absolute atomic E-state index is 0.0974. The van der Waals surface area contributed by atoms with Gasteiger partial charge >= 0.3 is 0 Å². The quantitative estimate of drug-likeness (QED) is 0.744. The fourth-order valence-electron chi connectivity index (χ4n) is 2.20. The van der Waals surface area contributed by atoms with Crippen molar-refractivity contribution in [3.05, 3.63) is 57.6 Å². The Bertz CT molecular complexity index is 757. The zero-order valence-corrected chi connectivity index (χ0v) is 16.2. The fourth-order valence-corrected chi connectivity index (χ4v) is 3.02. The summed E-state index contributed by atoms with van der Waals surface area (Å²) in [6.07, 6.45) is 0. The lowest BCUT2D eigenvalue weighted by Crippen LogP contribution is -2.37. The van der Waals surface area contributed by atoms with Gasteiger partial charge in [0.2, 0.25) is 0 Å². The molecule has 0 saturated carbocycles. The summed E-state index contributed by atoms with van der Waals surface area (Å²) >= 11 is 8.61. The first-order valence-electron chi connectivity index (χ1n) is 7.41. The predicted molar refractivity (Wildman–Crippen MR) is 105 cm³/mol. The summed E-state index contributed by atoms with van der Waals surface area (Å²) in [5.74, 6) is 0.359. The van der Waals surface area contributed by atoms with Crippen LogP contribution >= 0.6 is 28.1 Å². The first-order chi connectivity index (χ1) is 11.3. The Morgan fingerprint density at radius 2 is 1.75 bits per heavy atom. The number of ether oxygens (including phenoxy) is 1. The number of carbonyl (C=O) groups excluding carboxylic acids is 1. The number of thiocarbonyl (C=S) groups is 1. The average Bonchev–Trinajstić information content (AvgIpc) is 2.47. The topological polar surface area (TPSA) is 50.4 Å². The van der Waals surface area contributed by atoms with Gasteiger partial charge in [0.1, 0.15) is 5.75 Å². The molecule has 0 atom stereocenters. The minimum atomic E-state index is -0.310. The van der Waals surface area contributed by atoms with Crippen LogP contribution in [0.1, 0.15) is 16.7 Å². The van der Waals surface area contributed by atoms with E-state index in [1.54, 1.807) is 0 Å². The van der Waals surface area contributed by atoms with Crippen molar-refractivity contribution in [2.45, 2.75) is 20.8 Å². The van der Waals surface area contributed by atoms with Gasteiger partial charge in [0.25, 0.3) is 5.91 Å². The summed E-state index contributed by atoms with van der Waals surface area (Å²) in [6, 6.07) is 11.6. The van der Waals surface area contributed by atoms with E-state index < -0.39 is 0 Å². The van der Waals surface area contributed by atoms with Gasteiger partial charge < -0.3 is 10.1 Å². The standard InChI is InChI=1S/C18H19BrN2O2S/c1-11-4-5-16(15(19)9-11)20-18(24)21-17(22)10-23-14-7-12(2)6-13(3)8-14/h4-9H,10H2,1-3H3,(H2,20,21,22,24). The first kappa shape index (κ1) is 18.4. The van der Waals surface area contributed by atoms with E-state index >= 15 is 0 Å². The maximum atomic E-state index is 12.0. The summed E-state index contributed by atoms with van der Waals surface area (Å²) < 4.78 is 6.39. The number of rotatable bonds is 4. The highest BCUT2D eigenvalue weighted by atomic mass is 79.9. The molecule has 0 radical (unpaired) electrons. The molecule has 6 heteroatoms. The normalized spacial score (nSPS) is 10.2. The molecule has 126 valence electrons. The number of hydrogen-bond acceptors (Lipinski definition) is 3. The van der Waals surface area contributed by atoms with E-state index in [9.17, 15) is 4.79 Å². The van der Waals surface area contributed by atoms with Crippen molar-refractivity contribution >= 4 is 44.9 Å². The van der Waals surface area contributed by atoms with E-state index in [-0.39, 0.29) is 17.6 Å². The van der Waals surface area contributed by atoms with Crippen LogP contribution in [0.15, 0.2) is 40.9 Å². The maximum absolute atomic E-state index is 12.0. The number of benzene rings is 2. The lowest BCUT2D eigenvalue weighted by molar-refractivity contribution is -0.121. The van der Waals surface area contributed by atoms with Crippen LogP contribution in [-0.4, -0.2) is 17.6 Å². The van der Waals surface area contributed by atoms with Crippen molar-refractivity contribution in [2.24, 2.45) is 0 Å². The summed E-state index contributed by atoms with van der Waals surface area (Å²) in [7, 11) is 0. The Hall–Kier alpha value is -1.92. The number of carbonyl (C=O) groups is 1. The zero-order valence-electron chi connectivity index (χ0n) is 13.8. The molecule has 0 saturated heterocycles. The summed E-state index contributed by atoms with van der Waals surface area (Å²) in [6.45, 7) is 5.87. The van der Waals surface area contributed by atoms with Crippen molar-refractivity contribution in [3.63, 3.8) is 0 Å². The van der Waals surface area contributed by atoms with Gasteiger partial charge in [0, 0.05) is 4.47 Å². The molecule has 0 bridgehead atoms. The van der Waals surface area contributed by atoms with Crippen LogP contribution < -0.4 is 15.4 Å². The second kappa shape index (κ2) is 8.26. The van der Waals surface area contributed by atoms with E-state index in [1.165, 1.54) is 0 Å². The molecule has 0 spiro atoms. The molecule has 0 aliphatic heterocycles. The van der Waals surface area contributed by atoms with Gasteiger partial charge in [-0.05, 0) is 89.9 Å². The molecule has 2 aromatic rings. The first-order valence-corrected chi connectivity index (χ1v) is 8.61. The molecule has 0 aliphatic carbocycles. The van der Waals surface area contributed by atoms with Crippen LogP contribution in [-0.2, 0) is 4.79 Å². The highest BCUT2D eigenvalue weighted by Crippen LogP contribution is 2.23. The van der Waals surface area contributed by atoms with Gasteiger partial charge in [-0.15, -0.1) is 0 Å². The summed E-state index contributed by atoms with van der Waals surface area (Å²) in [4.78, 5) is 12.0. The number of halogens is 1. The average molecular weight is 407 g/mol. The third-order valence-corrected chi connectivity index (χ3v) is 4.05. The zero-order chi connectivity index (χ0) is 17.7. The third-order valence-electron chi connectivity index (χ3n) is 3.19. The lowest BCUT2D eigenvalue weighted by atomic mass is 10.1. The number of nitrogens with one attached hydrogen (secondary N) is 2. The second-order valence-corrected chi connectivity index (χ2v) is 6.86. The molecule has 0 heterocycles. The third kappa shape index (κ3) is 5.62. The molecule has 2 aromatic carbocycles. The Morgan fingerprint density at radius 3 is 2.38 bits per heavy atom.